The first-order chi connectivity index (χ1) is 17.5. The van der Waals surface area contributed by atoms with E-state index in [1.807, 2.05) is 43.3 Å². The lowest BCUT2D eigenvalue weighted by Gasteiger charge is -2.35. The molecule has 8 heteroatoms. The van der Waals surface area contributed by atoms with Crippen LogP contribution in [0.1, 0.15) is 18.1 Å². The number of nitrogens with zero attached hydrogens (tertiary/aromatic N) is 4. The lowest BCUT2D eigenvalue weighted by atomic mass is 10.0. The second-order valence-corrected chi connectivity index (χ2v) is 10.9. The number of amides is 1. The van der Waals surface area contributed by atoms with E-state index in [0.717, 1.165) is 54.8 Å². The molecule has 0 bridgehead atoms. The van der Waals surface area contributed by atoms with Gasteiger partial charge in [-0.15, -0.1) is 0 Å². The molecule has 0 spiro atoms. The molecule has 2 saturated heterocycles. The van der Waals surface area contributed by atoms with E-state index in [9.17, 15) is 9.59 Å². The van der Waals surface area contributed by atoms with E-state index in [1.54, 1.807) is 15.5 Å². The first-order valence-corrected chi connectivity index (χ1v) is 13.6. The van der Waals surface area contributed by atoms with Crippen molar-refractivity contribution in [2.24, 2.45) is 0 Å². The van der Waals surface area contributed by atoms with Gasteiger partial charge in [0.05, 0.1) is 21.7 Å². The van der Waals surface area contributed by atoms with Crippen molar-refractivity contribution in [2.75, 3.05) is 44.7 Å². The Hall–Kier alpha value is -2.94. The van der Waals surface area contributed by atoms with Gasteiger partial charge in [-0.25, -0.2) is 0 Å². The molecule has 0 atom stereocenters. The van der Waals surface area contributed by atoms with E-state index >= 15 is 0 Å². The third-order valence-electron chi connectivity index (χ3n) is 6.93. The summed E-state index contributed by atoms with van der Waals surface area (Å²) in [6.45, 7) is 6.56. The minimum Gasteiger partial charge on any atom is -0.368 e. The second-order valence-electron chi connectivity index (χ2n) is 9.19. The van der Waals surface area contributed by atoms with Gasteiger partial charge in [0.2, 0.25) is 0 Å². The fraction of sp³-hybridized carbons (Fsp3) is 0.321. The number of aryl methyl sites for hydroxylation is 1. The number of benzene rings is 2. The van der Waals surface area contributed by atoms with Gasteiger partial charge in [-0.2, -0.15) is 0 Å². The summed E-state index contributed by atoms with van der Waals surface area (Å²) >= 11 is 6.87. The Morgan fingerprint density at radius 1 is 0.972 bits per heavy atom. The molecule has 2 aromatic carbocycles. The predicted molar refractivity (Wildman–Crippen MR) is 154 cm³/mol. The zero-order valence-electron chi connectivity index (χ0n) is 20.6. The maximum absolute atomic E-state index is 13.8. The van der Waals surface area contributed by atoms with Crippen molar-refractivity contribution in [1.82, 2.24) is 14.4 Å². The molecule has 2 aliphatic heterocycles. The molecule has 2 fully saturated rings. The highest BCUT2D eigenvalue weighted by molar-refractivity contribution is 8.26. The van der Waals surface area contributed by atoms with Crippen molar-refractivity contribution in [3.8, 4) is 0 Å². The number of aromatic nitrogens is 1. The monoisotopic (exact) mass is 518 g/mol. The summed E-state index contributed by atoms with van der Waals surface area (Å²) in [6.07, 6.45) is 2.52. The number of thiocarbonyl (C=S) groups is 1. The van der Waals surface area contributed by atoms with E-state index in [4.69, 9.17) is 12.2 Å². The quantitative estimate of drug-likeness (QED) is 0.360. The molecule has 0 aliphatic carbocycles. The fourth-order valence-electron chi connectivity index (χ4n) is 4.93. The molecule has 186 valence electrons. The van der Waals surface area contributed by atoms with E-state index in [-0.39, 0.29) is 11.5 Å². The first kappa shape index (κ1) is 24.7. The van der Waals surface area contributed by atoms with Crippen LogP contribution in [0.25, 0.3) is 17.0 Å². The predicted octanol–water partition coefficient (Wildman–Crippen LogP) is 4.22. The molecule has 6 nitrogen and oxygen atoms in total. The Kier molecular flexibility index (Phi) is 7.27. The summed E-state index contributed by atoms with van der Waals surface area (Å²) in [5.41, 5.74) is 3.51. The van der Waals surface area contributed by atoms with Crippen molar-refractivity contribution < 1.29 is 4.79 Å². The van der Waals surface area contributed by atoms with Crippen LogP contribution in [0.3, 0.4) is 0 Å². The largest absolute Gasteiger partial charge is 0.368 e. The fourth-order valence-corrected chi connectivity index (χ4v) is 6.23. The average Bonchev–Trinajstić information content (AvgIpc) is 3.16. The zero-order chi connectivity index (χ0) is 25.2. The molecule has 1 amide bonds. The molecule has 0 radical (unpaired) electrons. The lowest BCUT2D eigenvalue weighted by molar-refractivity contribution is -0.122. The van der Waals surface area contributed by atoms with Crippen molar-refractivity contribution in [3.05, 3.63) is 81.0 Å². The number of carbonyl (C=O) groups is 1. The number of thioether (sulfide) groups is 1. The SMILES string of the molecule is CCn1c(=O)c(C=C2SC(=S)N(CCc3ccccc3)C2=O)c(N2CCN(C)CC2)c2ccccc21. The number of pyridine rings is 1. The van der Waals surface area contributed by atoms with Crippen molar-refractivity contribution in [3.63, 3.8) is 0 Å². The molecule has 0 unspecified atom stereocenters. The van der Waals surface area contributed by atoms with E-state index in [0.29, 0.717) is 27.9 Å². The summed E-state index contributed by atoms with van der Waals surface area (Å²) in [5.74, 6) is -0.124. The Morgan fingerprint density at radius 2 is 1.67 bits per heavy atom. The average molecular weight is 519 g/mol. The smallest absolute Gasteiger partial charge is 0.266 e. The van der Waals surface area contributed by atoms with Crippen LogP contribution in [0.4, 0.5) is 5.69 Å². The summed E-state index contributed by atoms with van der Waals surface area (Å²) in [6, 6.07) is 18.2. The summed E-state index contributed by atoms with van der Waals surface area (Å²) < 4.78 is 2.34. The van der Waals surface area contributed by atoms with Gasteiger partial charge in [0.15, 0.2) is 0 Å². The number of piperazine rings is 1. The summed E-state index contributed by atoms with van der Waals surface area (Å²) in [7, 11) is 2.12. The molecule has 36 heavy (non-hydrogen) atoms. The molecular weight excluding hydrogens is 488 g/mol. The summed E-state index contributed by atoms with van der Waals surface area (Å²) in [5, 5.41) is 1.04. The first-order valence-electron chi connectivity index (χ1n) is 12.4. The van der Waals surface area contributed by atoms with Crippen molar-refractivity contribution >= 4 is 56.9 Å². The standard InChI is InChI=1S/C28H30N4O2S2/c1-3-31-23-12-8-7-11-21(23)25(30-17-15-29(2)16-18-30)22(26(31)33)19-24-27(34)32(28(35)36-24)14-13-20-9-5-4-6-10-20/h4-12,19H,3,13-18H2,1-2H3. The number of anilines is 1. The third kappa shape index (κ3) is 4.73. The van der Waals surface area contributed by atoms with Gasteiger partial charge in [-0.1, -0.05) is 72.5 Å². The Balaban J connectivity index is 1.56. The van der Waals surface area contributed by atoms with Crippen LogP contribution < -0.4 is 10.5 Å². The second kappa shape index (κ2) is 10.6. The Labute approximate surface area is 221 Å². The van der Waals surface area contributed by atoms with Gasteiger partial charge in [-0.05, 0) is 38.1 Å². The van der Waals surface area contributed by atoms with Gasteiger partial charge in [0, 0.05) is 44.7 Å². The number of carbonyl (C=O) groups excluding carboxylic acids is 1. The van der Waals surface area contributed by atoms with E-state index in [2.05, 4.69) is 35.0 Å². The van der Waals surface area contributed by atoms with Crippen LogP contribution in [0.5, 0.6) is 0 Å². The third-order valence-corrected chi connectivity index (χ3v) is 8.31. The molecule has 0 N–H and O–H groups in total. The van der Waals surface area contributed by atoms with Crippen LogP contribution in [0.15, 0.2) is 64.3 Å². The van der Waals surface area contributed by atoms with Crippen LogP contribution in [-0.4, -0.2) is 64.4 Å². The van der Waals surface area contributed by atoms with Gasteiger partial charge in [0.1, 0.15) is 4.32 Å². The van der Waals surface area contributed by atoms with E-state index in [1.165, 1.54) is 11.8 Å². The number of rotatable bonds is 6. The number of para-hydroxylation sites is 1. The molecule has 3 heterocycles. The molecule has 3 aromatic rings. The van der Waals surface area contributed by atoms with E-state index < -0.39 is 0 Å². The maximum atomic E-state index is 13.8. The van der Waals surface area contributed by atoms with Crippen LogP contribution >= 0.6 is 24.0 Å². The molecule has 1 aromatic heterocycles. The lowest BCUT2D eigenvalue weighted by Crippen LogP contribution is -2.45. The molecule has 2 aliphatic rings. The van der Waals surface area contributed by atoms with Gasteiger partial charge in [0.25, 0.3) is 11.5 Å². The van der Waals surface area contributed by atoms with Crippen molar-refractivity contribution in [2.45, 2.75) is 19.9 Å². The van der Waals surface area contributed by atoms with Crippen molar-refractivity contribution in [1.29, 1.82) is 0 Å². The number of hydrogen-bond donors (Lipinski definition) is 0. The normalized spacial score (nSPS) is 18.1. The molecule has 0 saturated carbocycles. The van der Waals surface area contributed by atoms with Gasteiger partial charge in [-0.3, -0.25) is 14.5 Å². The zero-order valence-corrected chi connectivity index (χ0v) is 22.3. The molecule has 5 rings (SSSR count). The minimum atomic E-state index is -0.124. The number of likely N-dealkylation sites (N-methyl/N-ethyl adjacent to an activating group) is 1. The Morgan fingerprint density at radius 3 is 2.39 bits per heavy atom. The number of fused-ring (bicyclic) bond motifs is 1. The highest BCUT2D eigenvalue weighted by Gasteiger charge is 2.33. The Bertz CT molecular complexity index is 1390. The maximum Gasteiger partial charge on any atom is 0.266 e. The van der Waals surface area contributed by atoms with Gasteiger partial charge < -0.3 is 14.4 Å². The summed E-state index contributed by atoms with van der Waals surface area (Å²) in [4.78, 5) is 34.0. The van der Waals surface area contributed by atoms with Crippen LogP contribution in [-0.2, 0) is 17.8 Å². The highest BCUT2D eigenvalue weighted by Crippen LogP contribution is 2.36. The molecular formula is C28H30N4O2S2. The highest BCUT2D eigenvalue weighted by atomic mass is 32.2. The van der Waals surface area contributed by atoms with Gasteiger partial charge >= 0.3 is 0 Å². The minimum absolute atomic E-state index is 0.0697. The number of hydrogen-bond acceptors (Lipinski definition) is 6. The van der Waals surface area contributed by atoms with Crippen LogP contribution in [0, 0.1) is 0 Å². The topological polar surface area (TPSA) is 48.8 Å². The van der Waals surface area contributed by atoms with Crippen LogP contribution in [0.2, 0.25) is 0 Å².